The van der Waals surface area contributed by atoms with Gasteiger partial charge in [-0.3, -0.25) is 9.48 Å². The SMILES string of the molecule is Cc1nn(Cc2ccccc2Cl)c(C)c1C(=O)NC(CC(F)F)C(=O)O. The Morgan fingerprint density at radius 2 is 1.96 bits per heavy atom. The second kappa shape index (κ2) is 8.27. The molecule has 1 heterocycles. The number of hydrogen-bond acceptors (Lipinski definition) is 3. The molecule has 2 N–H and O–H groups in total. The number of halogens is 3. The summed E-state index contributed by atoms with van der Waals surface area (Å²) in [5, 5.41) is 16.0. The van der Waals surface area contributed by atoms with Crippen molar-refractivity contribution in [2.75, 3.05) is 0 Å². The van der Waals surface area contributed by atoms with E-state index in [9.17, 15) is 18.4 Å². The van der Waals surface area contributed by atoms with Gasteiger partial charge in [0.1, 0.15) is 6.04 Å². The maximum Gasteiger partial charge on any atom is 0.326 e. The number of nitrogens with one attached hydrogen (secondary N) is 1. The van der Waals surface area contributed by atoms with Gasteiger partial charge >= 0.3 is 5.97 Å². The maximum absolute atomic E-state index is 12.5. The van der Waals surface area contributed by atoms with Gasteiger partial charge in [0, 0.05) is 17.1 Å². The fraction of sp³-hybridized carbons (Fsp3) is 0.353. The third kappa shape index (κ3) is 4.57. The number of benzene rings is 1. The number of amides is 1. The number of carboxylic acid groups (broad SMARTS) is 1. The van der Waals surface area contributed by atoms with Gasteiger partial charge in [-0.05, 0) is 25.5 Å². The zero-order chi connectivity index (χ0) is 19.4. The van der Waals surface area contributed by atoms with Crippen LogP contribution in [0.15, 0.2) is 24.3 Å². The molecule has 0 radical (unpaired) electrons. The molecular weight excluding hydrogens is 368 g/mol. The Hall–Kier alpha value is -2.48. The number of aliphatic carboxylic acids is 1. The van der Waals surface area contributed by atoms with Crippen molar-refractivity contribution in [1.29, 1.82) is 0 Å². The summed E-state index contributed by atoms with van der Waals surface area (Å²) >= 11 is 6.13. The van der Waals surface area contributed by atoms with Gasteiger partial charge in [-0.15, -0.1) is 0 Å². The molecule has 1 atom stereocenters. The predicted molar refractivity (Wildman–Crippen MR) is 91.8 cm³/mol. The van der Waals surface area contributed by atoms with Crippen molar-refractivity contribution in [2.24, 2.45) is 0 Å². The summed E-state index contributed by atoms with van der Waals surface area (Å²) in [6.07, 6.45) is -3.81. The van der Waals surface area contributed by atoms with Crippen molar-refractivity contribution in [3.8, 4) is 0 Å². The van der Waals surface area contributed by atoms with E-state index in [4.69, 9.17) is 16.7 Å². The van der Waals surface area contributed by atoms with Crippen LogP contribution in [0.1, 0.15) is 33.7 Å². The first-order valence-corrected chi connectivity index (χ1v) is 8.17. The summed E-state index contributed by atoms with van der Waals surface area (Å²) in [7, 11) is 0. The van der Waals surface area contributed by atoms with E-state index < -0.39 is 30.8 Å². The average molecular weight is 386 g/mol. The van der Waals surface area contributed by atoms with Crippen molar-refractivity contribution in [3.05, 3.63) is 51.8 Å². The molecule has 0 spiro atoms. The zero-order valence-electron chi connectivity index (χ0n) is 14.2. The van der Waals surface area contributed by atoms with Crippen molar-refractivity contribution in [3.63, 3.8) is 0 Å². The molecule has 9 heteroatoms. The number of aromatic nitrogens is 2. The molecular formula is C17H18ClF2N3O3. The fourth-order valence-corrected chi connectivity index (χ4v) is 2.79. The van der Waals surface area contributed by atoms with E-state index >= 15 is 0 Å². The van der Waals surface area contributed by atoms with E-state index in [-0.39, 0.29) is 5.56 Å². The summed E-state index contributed by atoms with van der Waals surface area (Å²) in [6, 6.07) is 5.50. The molecule has 2 rings (SSSR count). The molecule has 0 fully saturated rings. The lowest BCUT2D eigenvalue weighted by molar-refractivity contribution is -0.140. The first-order valence-electron chi connectivity index (χ1n) is 7.80. The monoisotopic (exact) mass is 385 g/mol. The Labute approximate surface area is 153 Å². The first kappa shape index (κ1) is 19.8. The number of nitrogens with zero attached hydrogens (tertiary/aromatic N) is 2. The Morgan fingerprint density at radius 3 is 2.54 bits per heavy atom. The lowest BCUT2D eigenvalue weighted by Crippen LogP contribution is -2.42. The highest BCUT2D eigenvalue weighted by Gasteiger charge is 2.27. The van der Waals surface area contributed by atoms with E-state index in [1.807, 2.05) is 12.1 Å². The fourth-order valence-electron chi connectivity index (χ4n) is 2.60. The Bertz CT molecular complexity index is 824. The van der Waals surface area contributed by atoms with Crippen molar-refractivity contribution in [2.45, 2.75) is 39.3 Å². The van der Waals surface area contributed by atoms with Gasteiger partial charge in [-0.2, -0.15) is 5.10 Å². The molecule has 1 amide bonds. The largest absolute Gasteiger partial charge is 0.480 e. The van der Waals surface area contributed by atoms with Crippen molar-refractivity contribution < 1.29 is 23.5 Å². The summed E-state index contributed by atoms with van der Waals surface area (Å²) in [5.41, 5.74) is 1.82. The van der Waals surface area contributed by atoms with E-state index in [1.54, 1.807) is 30.7 Å². The highest BCUT2D eigenvalue weighted by atomic mass is 35.5. The van der Waals surface area contributed by atoms with Crippen molar-refractivity contribution >= 4 is 23.5 Å². The van der Waals surface area contributed by atoms with Crippen LogP contribution >= 0.6 is 11.6 Å². The Morgan fingerprint density at radius 1 is 1.31 bits per heavy atom. The molecule has 140 valence electrons. The normalized spacial score (nSPS) is 12.2. The quantitative estimate of drug-likeness (QED) is 0.767. The predicted octanol–water partition coefficient (Wildman–Crippen LogP) is 3.04. The summed E-state index contributed by atoms with van der Waals surface area (Å²) in [5.74, 6) is -2.27. The van der Waals surface area contributed by atoms with Gasteiger partial charge in [-0.1, -0.05) is 29.8 Å². The van der Waals surface area contributed by atoms with Crippen LogP contribution in [0.3, 0.4) is 0 Å². The Kier molecular flexibility index (Phi) is 6.31. The molecule has 1 unspecified atom stereocenters. The summed E-state index contributed by atoms with van der Waals surface area (Å²) in [4.78, 5) is 23.5. The average Bonchev–Trinajstić information content (AvgIpc) is 2.82. The van der Waals surface area contributed by atoms with Crippen LogP contribution in [-0.4, -0.2) is 39.2 Å². The second-order valence-corrected chi connectivity index (χ2v) is 6.19. The standard InChI is InChI=1S/C17H18ClF2N3O3/c1-9-15(16(24)21-13(17(25)26)7-14(19)20)10(2)23(22-9)8-11-5-3-4-6-12(11)18/h3-6,13-14H,7-8H2,1-2H3,(H,21,24)(H,25,26). The molecule has 0 saturated heterocycles. The summed E-state index contributed by atoms with van der Waals surface area (Å²) < 4.78 is 26.6. The van der Waals surface area contributed by atoms with Crippen LogP contribution in [0.5, 0.6) is 0 Å². The summed E-state index contributed by atoms with van der Waals surface area (Å²) in [6.45, 7) is 3.56. The molecule has 0 aliphatic carbocycles. The number of carbonyl (C=O) groups is 2. The number of carbonyl (C=O) groups excluding carboxylic acids is 1. The van der Waals surface area contributed by atoms with Gasteiger partial charge in [0.05, 0.1) is 17.8 Å². The smallest absolute Gasteiger partial charge is 0.326 e. The number of hydrogen-bond donors (Lipinski definition) is 2. The Balaban J connectivity index is 2.25. The molecule has 0 aliphatic rings. The lowest BCUT2D eigenvalue weighted by Gasteiger charge is -2.14. The molecule has 2 aromatic rings. The number of aryl methyl sites for hydroxylation is 1. The molecule has 0 bridgehead atoms. The van der Waals surface area contributed by atoms with Crippen LogP contribution in [0.2, 0.25) is 5.02 Å². The van der Waals surface area contributed by atoms with Gasteiger partial charge < -0.3 is 10.4 Å². The van der Waals surface area contributed by atoms with Crippen LogP contribution < -0.4 is 5.32 Å². The molecule has 26 heavy (non-hydrogen) atoms. The maximum atomic E-state index is 12.5. The van der Waals surface area contributed by atoms with Crippen molar-refractivity contribution in [1.82, 2.24) is 15.1 Å². The number of rotatable bonds is 7. The minimum absolute atomic E-state index is 0.164. The molecule has 0 aliphatic heterocycles. The van der Waals surface area contributed by atoms with Gasteiger partial charge in [-0.25, -0.2) is 13.6 Å². The van der Waals surface area contributed by atoms with Gasteiger partial charge in [0.2, 0.25) is 6.43 Å². The van der Waals surface area contributed by atoms with E-state index in [1.165, 1.54) is 0 Å². The number of carboxylic acids is 1. The third-order valence-electron chi connectivity index (χ3n) is 3.90. The van der Waals surface area contributed by atoms with Crippen LogP contribution in [-0.2, 0) is 11.3 Å². The van der Waals surface area contributed by atoms with Crippen LogP contribution in [0.25, 0.3) is 0 Å². The lowest BCUT2D eigenvalue weighted by atomic mass is 10.1. The molecule has 0 saturated carbocycles. The van der Waals surface area contributed by atoms with E-state index in [0.717, 1.165) is 5.56 Å². The van der Waals surface area contributed by atoms with Gasteiger partial charge in [0.25, 0.3) is 5.91 Å². The van der Waals surface area contributed by atoms with Crippen LogP contribution in [0.4, 0.5) is 8.78 Å². The molecule has 1 aromatic carbocycles. The van der Waals surface area contributed by atoms with E-state index in [2.05, 4.69) is 10.4 Å². The topological polar surface area (TPSA) is 84.2 Å². The third-order valence-corrected chi connectivity index (χ3v) is 4.27. The minimum atomic E-state index is -2.85. The van der Waals surface area contributed by atoms with Gasteiger partial charge in [0.15, 0.2) is 0 Å². The number of alkyl halides is 2. The highest BCUT2D eigenvalue weighted by Crippen LogP contribution is 2.20. The molecule has 6 nitrogen and oxygen atoms in total. The van der Waals surface area contributed by atoms with Crippen LogP contribution in [0, 0.1) is 13.8 Å². The van der Waals surface area contributed by atoms with E-state index in [0.29, 0.717) is 23.0 Å². The minimum Gasteiger partial charge on any atom is -0.480 e. The zero-order valence-corrected chi connectivity index (χ0v) is 14.9. The first-order chi connectivity index (χ1) is 12.2. The second-order valence-electron chi connectivity index (χ2n) is 5.79. The molecule has 1 aromatic heterocycles. The highest BCUT2D eigenvalue weighted by molar-refractivity contribution is 6.31.